The molecule has 1 atom stereocenters. The van der Waals surface area contributed by atoms with Gasteiger partial charge in [-0.3, -0.25) is 9.78 Å². The molecule has 3 heteroatoms. The van der Waals surface area contributed by atoms with E-state index < -0.39 is 0 Å². The minimum Gasteiger partial charge on any atom is -0.336 e. The third kappa shape index (κ3) is 1.86. The summed E-state index contributed by atoms with van der Waals surface area (Å²) in [5.74, 6) is 0.170. The Morgan fingerprint density at radius 2 is 2.28 bits per heavy atom. The summed E-state index contributed by atoms with van der Waals surface area (Å²) >= 11 is 0. The van der Waals surface area contributed by atoms with Crippen LogP contribution in [0.5, 0.6) is 0 Å². The van der Waals surface area contributed by atoms with Crippen LogP contribution in [0.4, 0.5) is 0 Å². The van der Waals surface area contributed by atoms with Crippen LogP contribution in [-0.2, 0) is 4.79 Å². The fourth-order valence-electron chi connectivity index (χ4n) is 2.79. The molecule has 0 spiro atoms. The zero-order valence-corrected chi connectivity index (χ0v) is 10.5. The van der Waals surface area contributed by atoms with Crippen LogP contribution in [0, 0.1) is 0 Å². The van der Waals surface area contributed by atoms with E-state index in [1.807, 2.05) is 17.0 Å². The van der Waals surface area contributed by atoms with Gasteiger partial charge in [-0.15, -0.1) is 0 Å². The summed E-state index contributed by atoms with van der Waals surface area (Å²) in [4.78, 5) is 17.9. The van der Waals surface area contributed by atoms with E-state index in [1.165, 1.54) is 5.56 Å². The van der Waals surface area contributed by atoms with E-state index in [1.54, 1.807) is 13.1 Å². The van der Waals surface area contributed by atoms with Gasteiger partial charge in [-0.05, 0) is 36.6 Å². The standard InChI is InChI=1S/C15H16N2O/c1-11(18)17-9-3-5-15(17)13-6-7-14-12(10-13)4-2-8-16-14/h2,4,6-8,10,15H,3,5,9H2,1H3/t15-/m1/s1. The van der Waals surface area contributed by atoms with Gasteiger partial charge in [-0.25, -0.2) is 0 Å². The molecule has 1 saturated heterocycles. The molecule has 1 fully saturated rings. The fourth-order valence-corrected chi connectivity index (χ4v) is 2.79. The van der Waals surface area contributed by atoms with Gasteiger partial charge in [0.15, 0.2) is 0 Å². The summed E-state index contributed by atoms with van der Waals surface area (Å²) in [6.07, 6.45) is 3.96. The quantitative estimate of drug-likeness (QED) is 0.768. The lowest BCUT2D eigenvalue weighted by Gasteiger charge is -2.23. The minimum atomic E-state index is 0.170. The number of carbonyl (C=O) groups is 1. The van der Waals surface area contributed by atoms with Crippen LogP contribution in [0.2, 0.25) is 0 Å². The first-order valence-electron chi connectivity index (χ1n) is 6.37. The average molecular weight is 240 g/mol. The number of nitrogens with zero attached hydrogens (tertiary/aromatic N) is 2. The summed E-state index contributed by atoms with van der Waals surface area (Å²) in [6, 6.07) is 10.6. The molecule has 3 nitrogen and oxygen atoms in total. The molecule has 0 aliphatic carbocycles. The summed E-state index contributed by atoms with van der Waals surface area (Å²) in [5, 5.41) is 1.14. The highest BCUT2D eigenvalue weighted by Gasteiger charge is 2.27. The summed E-state index contributed by atoms with van der Waals surface area (Å²) in [6.45, 7) is 2.53. The van der Waals surface area contributed by atoms with Crippen molar-refractivity contribution in [2.24, 2.45) is 0 Å². The first-order chi connectivity index (χ1) is 8.75. The van der Waals surface area contributed by atoms with Crippen molar-refractivity contribution in [3.8, 4) is 0 Å². The van der Waals surface area contributed by atoms with Crippen LogP contribution in [0.3, 0.4) is 0 Å². The summed E-state index contributed by atoms with van der Waals surface area (Å²) in [7, 11) is 0. The Morgan fingerprint density at radius 1 is 1.39 bits per heavy atom. The third-order valence-corrected chi connectivity index (χ3v) is 3.67. The second-order valence-corrected chi connectivity index (χ2v) is 4.83. The number of amides is 1. The lowest BCUT2D eigenvalue weighted by atomic mass is 10.0. The Balaban J connectivity index is 2.01. The Labute approximate surface area is 106 Å². The zero-order chi connectivity index (χ0) is 12.5. The smallest absolute Gasteiger partial charge is 0.219 e. The van der Waals surface area contributed by atoms with Crippen LogP contribution >= 0.6 is 0 Å². The van der Waals surface area contributed by atoms with Crippen molar-refractivity contribution in [2.45, 2.75) is 25.8 Å². The molecule has 0 radical (unpaired) electrons. The van der Waals surface area contributed by atoms with E-state index in [2.05, 4.69) is 23.2 Å². The highest BCUT2D eigenvalue weighted by atomic mass is 16.2. The molecular formula is C15H16N2O. The second-order valence-electron chi connectivity index (χ2n) is 4.83. The molecular weight excluding hydrogens is 224 g/mol. The van der Waals surface area contributed by atoms with E-state index in [9.17, 15) is 4.79 Å². The number of pyridine rings is 1. The van der Waals surface area contributed by atoms with Gasteiger partial charge in [0.2, 0.25) is 5.91 Å². The maximum absolute atomic E-state index is 11.6. The normalized spacial score (nSPS) is 19.4. The molecule has 0 saturated carbocycles. The van der Waals surface area contributed by atoms with Crippen molar-refractivity contribution in [1.29, 1.82) is 0 Å². The largest absolute Gasteiger partial charge is 0.336 e. The van der Waals surface area contributed by atoms with Crippen molar-refractivity contribution in [3.63, 3.8) is 0 Å². The lowest BCUT2D eigenvalue weighted by Crippen LogP contribution is -2.27. The Kier molecular flexibility index (Phi) is 2.74. The van der Waals surface area contributed by atoms with Crippen molar-refractivity contribution in [2.75, 3.05) is 6.54 Å². The maximum atomic E-state index is 11.6. The van der Waals surface area contributed by atoms with Gasteiger partial charge in [0.1, 0.15) is 0 Å². The van der Waals surface area contributed by atoms with Gasteiger partial charge < -0.3 is 4.90 Å². The number of rotatable bonds is 1. The Bertz CT molecular complexity index is 594. The Morgan fingerprint density at radius 3 is 3.11 bits per heavy atom. The second kappa shape index (κ2) is 4.41. The number of benzene rings is 1. The zero-order valence-electron chi connectivity index (χ0n) is 10.5. The molecule has 2 aromatic rings. The summed E-state index contributed by atoms with van der Waals surface area (Å²) in [5.41, 5.74) is 2.23. The van der Waals surface area contributed by atoms with Crippen molar-refractivity contribution in [1.82, 2.24) is 9.88 Å². The number of hydrogen-bond donors (Lipinski definition) is 0. The van der Waals surface area contributed by atoms with Gasteiger partial charge in [-0.1, -0.05) is 12.1 Å². The van der Waals surface area contributed by atoms with E-state index in [0.29, 0.717) is 0 Å². The highest BCUT2D eigenvalue weighted by Crippen LogP contribution is 2.33. The molecule has 92 valence electrons. The number of hydrogen-bond acceptors (Lipinski definition) is 2. The minimum absolute atomic E-state index is 0.170. The number of fused-ring (bicyclic) bond motifs is 1. The van der Waals surface area contributed by atoms with Gasteiger partial charge in [0, 0.05) is 25.1 Å². The van der Waals surface area contributed by atoms with Gasteiger partial charge in [0.05, 0.1) is 11.6 Å². The molecule has 1 aliphatic rings. The molecule has 1 aliphatic heterocycles. The van der Waals surface area contributed by atoms with Crippen molar-refractivity contribution >= 4 is 16.8 Å². The van der Waals surface area contributed by atoms with E-state index in [-0.39, 0.29) is 11.9 Å². The molecule has 0 N–H and O–H groups in total. The first kappa shape index (κ1) is 11.2. The predicted octanol–water partition coefficient (Wildman–Crippen LogP) is 2.92. The fraction of sp³-hybridized carbons (Fsp3) is 0.333. The van der Waals surface area contributed by atoms with Crippen molar-refractivity contribution in [3.05, 3.63) is 42.1 Å². The number of aromatic nitrogens is 1. The number of likely N-dealkylation sites (tertiary alicyclic amines) is 1. The highest BCUT2D eigenvalue weighted by molar-refractivity contribution is 5.79. The van der Waals surface area contributed by atoms with Crippen LogP contribution in [0.25, 0.3) is 10.9 Å². The van der Waals surface area contributed by atoms with Gasteiger partial charge >= 0.3 is 0 Å². The van der Waals surface area contributed by atoms with Gasteiger partial charge in [-0.2, -0.15) is 0 Å². The predicted molar refractivity (Wildman–Crippen MR) is 71.1 cm³/mol. The van der Waals surface area contributed by atoms with Crippen molar-refractivity contribution < 1.29 is 4.79 Å². The van der Waals surface area contributed by atoms with Crippen LogP contribution in [0.15, 0.2) is 36.5 Å². The molecule has 0 bridgehead atoms. The van der Waals surface area contributed by atoms with Crippen LogP contribution in [0.1, 0.15) is 31.4 Å². The summed E-state index contributed by atoms with van der Waals surface area (Å²) < 4.78 is 0. The van der Waals surface area contributed by atoms with Crippen LogP contribution in [-0.4, -0.2) is 22.3 Å². The molecule has 2 heterocycles. The molecule has 18 heavy (non-hydrogen) atoms. The first-order valence-corrected chi connectivity index (χ1v) is 6.37. The molecule has 0 unspecified atom stereocenters. The molecule has 1 aromatic heterocycles. The lowest BCUT2D eigenvalue weighted by molar-refractivity contribution is -0.129. The third-order valence-electron chi connectivity index (χ3n) is 3.67. The average Bonchev–Trinajstić information content (AvgIpc) is 2.87. The monoisotopic (exact) mass is 240 g/mol. The maximum Gasteiger partial charge on any atom is 0.219 e. The number of carbonyl (C=O) groups excluding carboxylic acids is 1. The Hall–Kier alpha value is -1.90. The van der Waals surface area contributed by atoms with E-state index in [0.717, 1.165) is 30.3 Å². The van der Waals surface area contributed by atoms with Gasteiger partial charge in [0.25, 0.3) is 0 Å². The molecule has 3 rings (SSSR count). The molecule has 1 aromatic carbocycles. The molecule has 1 amide bonds. The van der Waals surface area contributed by atoms with E-state index >= 15 is 0 Å². The SMILES string of the molecule is CC(=O)N1CCC[C@@H]1c1ccc2ncccc2c1. The van der Waals surface area contributed by atoms with E-state index in [4.69, 9.17) is 0 Å². The topological polar surface area (TPSA) is 33.2 Å². The van der Waals surface area contributed by atoms with Crippen LogP contribution < -0.4 is 0 Å².